The maximum atomic E-state index is 12.3. The molecule has 1 aromatic rings. The molecule has 94 valence electrons. The lowest BCUT2D eigenvalue weighted by atomic mass is 10.1. The third-order valence-corrected chi connectivity index (χ3v) is 3.93. The van der Waals surface area contributed by atoms with Crippen LogP contribution in [0.15, 0.2) is 16.8 Å². The Labute approximate surface area is 107 Å². The van der Waals surface area contributed by atoms with Gasteiger partial charge in [0.25, 0.3) is 0 Å². The summed E-state index contributed by atoms with van der Waals surface area (Å²) in [5, 5.41) is 7.43. The Hall–Kier alpha value is -0.870. The molecule has 0 spiro atoms. The molecule has 3 nitrogen and oxygen atoms in total. The van der Waals surface area contributed by atoms with Crippen LogP contribution in [0.3, 0.4) is 0 Å². The van der Waals surface area contributed by atoms with E-state index in [-0.39, 0.29) is 5.91 Å². The zero-order valence-electron chi connectivity index (χ0n) is 10.3. The molecule has 0 aromatic carbocycles. The molecule has 0 saturated carbocycles. The number of nitrogens with one attached hydrogen (secondary N) is 1. The van der Waals surface area contributed by atoms with Crippen molar-refractivity contribution in [2.75, 3.05) is 19.6 Å². The van der Waals surface area contributed by atoms with Gasteiger partial charge in [-0.2, -0.15) is 11.3 Å². The fourth-order valence-corrected chi connectivity index (χ4v) is 3.00. The second kappa shape index (κ2) is 6.17. The molecule has 1 aliphatic heterocycles. The molecule has 4 heteroatoms. The first-order valence-corrected chi connectivity index (χ1v) is 7.26. The zero-order chi connectivity index (χ0) is 12.1. The van der Waals surface area contributed by atoms with Crippen molar-refractivity contribution in [3.05, 3.63) is 22.4 Å². The van der Waals surface area contributed by atoms with Gasteiger partial charge in [0.2, 0.25) is 5.91 Å². The van der Waals surface area contributed by atoms with E-state index in [1.54, 1.807) is 11.3 Å². The predicted molar refractivity (Wildman–Crippen MR) is 71.3 cm³/mol. The Kier molecular flexibility index (Phi) is 4.57. The van der Waals surface area contributed by atoms with Crippen LogP contribution in [0.25, 0.3) is 0 Å². The lowest BCUT2D eigenvalue weighted by molar-refractivity contribution is -0.132. The number of rotatable bonds is 5. The van der Waals surface area contributed by atoms with E-state index in [2.05, 4.69) is 22.5 Å². The number of carbonyl (C=O) groups excluding carboxylic acids is 1. The van der Waals surface area contributed by atoms with Crippen molar-refractivity contribution in [3.63, 3.8) is 0 Å². The highest BCUT2D eigenvalue weighted by molar-refractivity contribution is 7.07. The van der Waals surface area contributed by atoms with Gasteiger partial charge in [0.15, 0.2) is 0 Å². The van der Waals surface area contributed by atoms with Crippen molar-refractivity contribution < 1.29 is 4.79 Å². The van der Waals surface area contributed by atoms with Gasteiger partial charge in [-0.15, -0.1) is 0 Å². The van der Waals surface area contributed by atoms with Crippen LogP contribution < -0.4 is 5.32 Å². The Morgan fingerprint density at radius 2 is 2.53 bits per heavy atom. The van der Waals surface area contributed by atoms with Gasteiger partial charge in [-0.3, -0.25) is 4.79 Å². The molecule has 1 fully saturated rings. The van der Waals surface area contributed by atoms with Crippen molar-refractivity contribution in [2.24, 2.45) is 0 Å². The normalized spacial score (nSPS) is 19.5. The molecule has 1 saturated heterocycles. The molecule has 0 aliphatic carbocycles. The number of nitrogens with zero attached hydrogens (tertiary/aromatic N) is 1. The summed E-state index contributed by atoms with van der Waals surface area (Å²) in [6.07, 6.45) is 2.68. The van der Waals surface area contributed by atoms with Crippen LogP contribution in [0.1, 0.15) is 25.3 Å². The summed E-state index contributed by atoms with van der Waals surface area (Å²) < 4.78 is 0. The quantitative estimate of drug-likeness (QED) is 0.868. The maximum absolute atomic E-state index is 12.3. The molecule has 1 amide bonds. The SMILES string of the molecule is CCCN(C(=O)Cc1ccsc1)C1CCNC1. The second-order valence-electron chi connectivity index (χ2n) is 4.54. The van der Waals surface area contributed by atoms with Crippen LogP contribution in [-0.2, 0) is 11.2 Å². The fraction of sp³-hybridized carbons (Fsp3) is 0.615. The first kappa shape index (κ1) is 12.6. The summed E-state index contributed by atoms with van der Waals surface area (Å²) in [4.78, 5) is 14.4. The minimum absolute atomic E-state index is 0.277. The highest BCUT2D eigenvalue weighted by Crippen LogP contribution is 2.13. The van der Waals surface area contributed by atoms with Crippen molar-refractivity contribution in [1.29, 1.82) is 0 Å². The minimum atomic E-state index is 0.277. The lowest BCUT2D eigenvalue weighted by Crippen LogP contribution is -2.42. The Morgan fingerprint density at radius 3 is 3.12 bits per heavy atom. The zero-order valence-corrected chi connectivity index (χ0v) is 11.1. The van der Waals surface area contributed by atoms with E-state index in [4.69, 9.17) is 0 Å². The monoisotopic (exact) mass is 252 g/mol. The van der Waals surface area contributed by atoms with Gasteiger partial charge < -0.3 is 10.2 Å². The number of amides is 1. The minimum Gasteiger partial charge on any atom is -0.338 e. The summed E-state index contributed by atoms with van der Waals surface area (Å²) >= 11 is 1.66. The number of hydrogen-bond acceptors (Lipinski definition) is 3. The first-order valence-electron chi connectivity index (χ1n) is 6.32. The van der Waals surface area contributed by atoms with Crippen LogP contribution >= 0.6 is 11.3 Å². The van der Waals surface area contributed by atoms with Crippen LogP contribution in [-0.4, -0.2) is 36.5 Å². The molecule has 2 rings (SSSR count). The van der Waals surface area contributed by atoms with Gasteiger partial charge in [0.05, 0.1) is 6.42 Å². The van der Waals surface area contributed by atoms with Crippen LogP contribution in [0.2, 0.25) is 0 Å². The fourth-order valence-electron chi connectivity index (χ4n) is 2.33. The van der Waals surface area contributed by atoms with Crippen molar-refractivity contribution >= 4 is 17.2 Å². The molecule has 17 heavy (non-hydrogen) atoms. The highest BCUT2D eigenvalue weighted by Gasteiger charge is 2.25. The molecule has 2 heterocycles. The molecule has 1 aliphatic rings. The maximum Gasteiger partial charge on any atom is 0.227 e. The molecule has 1 aromatic heterocycles. The van der Waals surface area contributed by atoms with E-state index < -0.39 is 0 Å². The van der Waals surface area contributed by atoms with Gasteiger partial charge in [0, 0.05) is 19.1 Å². The average Bonchev–Trinajstić information content (AvgIpc) is 2.97. The van der Waals surface area contributed by atoms with E-state index in [0.29, 0.717) is 12.5 Å². The predicted octanol–water partition coefficient (Wildman–Crippen LogP) is 1.89. The van der Waals surface area contributed by atoms with E-state index in [1.165, 1.54) is 0 Å². The molecule has 0 bridgehead atoms. The van der Waals surface area contributed by atoms with Crippen molar-refractivity contribution in [2.45, 2.75) is 32.2 Å². The smallest absolute Gasteiger partial charge is 0.227 e. The topological polar surface area (TPSA) is 32.3 Å². The number of hydrogen-bond donors (Lipinski definition) is 1. The van der Waals surface area contributed by atoms with Crippen LogP contribution in [0, 0.1) is 0 Å². The molecule has 0 radical (unpaired) electrons. The summed E-state index contributed by atoms with van der Waals surface area (Å²) in [5.41, 5.74) is 1.15. The van der Waals surface area contributed by atoms with Crippen molar-refractivity contribution in [1.82, 2.24) is 10.2 Å². The Morgan fingerprint density at radius 1 is 1.65 bits per heavy atom. The average molecular weight is 252 g/mol. The van der Waals surface area contributed by atoms with Crippen LogP contribution in [0.5, 0.6) is 0 Å². The molecular weight excluding hydrogens is 232 g/mol. The van der Waals surface area contributed by atoms with Crippen LogP contribution in [0.4, 0.5) is 0 Å². The summed E-state index contributed by atoms with van der Waals surface area (Å²) in [5.74, 6) is 0.277. The molecule has 1 atom stereocenters. The molecule has 1 unspecified atom stereocenters. The van der Waals surface area contributed by atoms with E-state index in [0.717, 1.165) is 38.0 Å². The van der Waals surface area contributed by atoms with E-state index in [1.807, 2.05) is 11.4 Å². The third-order valence-electron chi connectivity index (χ3n) is 3.20. The van der Waals surface area contributed by atoms with E-state index >= 15 is 0 Å². The highest BCUT2D eigenvalue weighted by atomic mass is 32.1. The standard InChI is InChI=1S/C13H20N2OS/c1-2-6-15(12-3-5-14-9-12)13(16)8-11-4-7-17-10-11/h4,7,10,12,14H,2-3,5-6,8-9H2,1H3. The Balaban J connectivity index is 1.97. The summed E-state index contributed by atoms with van der Waals surface area (Å²) in [7, 11) is 0. The van der Waals surface area contributed by atoms with E-state index in [9.17, 15) is 4.79 Å². The summed E-state index contributed by atoms with van der Waals surface area (Å²) in [6, 6.07) is 2.45. The summed E-state index contributed by atoms with van der Waals surface area (Å²) in [6.45, 7) is 5.01. The van der Waals surface area contributed by atoms with Gasteiger partial charge in [-0.1, -0.05) is 6.92 Å². The van der Waals surface area contributed by atoms with Gasteiger partial charge >= 0.3 is 0 Å². The molecule has 1 N–H and O–H groups in total. The largest absolute Gasteiger partial charge is 0.338 e. The number of thiophene rings is 1. The molecular formula is C13H20N2OS. The van der Waals surface area contributed by atoms with Gasteiger partial charge in [-0.25, -0.2) is 0 Å². The van der Waals surface area contributed by atoms with Crippen molar-refractivity contribution in [3.8, 4) is 0 Å². The Bertz CT molecular complexity index is 344. The van der Waals surface area contributed by atoms with Gasteiger partial charge in [-0.05, 0) is 41.8 Å². The first-order chi connectivity index (χ1) is 8.31. The second-order valence-corrected chi connectivity index (χ2v) is 5.32. The van der Waals surface area contributed by atoms with Gasteiger partial charge in [0.1, 0.15) is 0 Å². The lowest BCUT2D eigenvalue weighted by Gasteiger charge is -2.28. The number of carbonyl (C=O) groups is 1. The third kappa shape index (κ3) is 3.30.